The Hall–Kier alpha value is -2.53. The van der Waals surface area contributed by atoms with Crippen LogP contribution in [0.25, 0.3) is 16.0 Å². The smallest absolute Gasteiger partial charge is 0.229 e. The Bertz CT molecular complexity index is 924. The first kappa shape index (κ1) is 11.3. The van der Waals surface area contributed by atoms with Gasteiger partial charge in [0.25, 0.3) is 0 Å². The number of para-hydroxylation sites is 2. The van der Waals surface area contributed by atoms with Crippen molar-refractivity contribution in [3.05, 3.63) is 66.0 Å². The summed E-state index contributed by atoms with van der Waals surface area (Å²) in [6.07, 6.45) is 0. The maximum absolute atomic E-state index is 12.6. The van der Waals surface area contributed by atoms with E-state index in [1.165, 1.54) is 11.5 Å². The van der Waals surface area contributed by atoms with Crippen molar-refractivity contribution in [2.75, 3.05) is 0 Å². The lowest BCUT2D eigenvalue weighted by atomic mass is 10.1. The van der Waals surface area contributed by atoms with Gasteiger partial charge in [0.1, 0.15) is 0 Å². The summed E-state index contributed by atoms with van der Waals surface area (Å²) in [5.74, 6) is 0.338. The molecule has 0 aliphatic heterocycles. The molecule has 0 saturated heterocycles. The zero-order valence-corrected chi connectivity index (χ0v) is 11.2. The van der Waals surface area contributed by atoms with E-state index >= 15 is 0 Å². The number of ketones is 1. The Labute approximate surface area is 118 Å². The predicted molar refractivity (Wildman–Crippen MR) is 78.2 cm³/mol. The summed E-state index contributed by atoms with van der Waals surface area (Å²) in [5.41, 5.74) is 2.43. The van der Waals surface area contributed by atoms with Gasteiger partial charge in [-0.2, -0.15) is 4.37 Å². The second-order valence-corrected chi connectivity index (χ2v) is 5.15. The van der Waals surface area contributed by atoms with Crippen LogP contribution in [0, 0.1) is 0 Å². The molecule has 4 nitrogen and oxygen atoms in total. The van der Waals surface area contributed by atoms with Gasteiger partial charge in [-0.05, 0) is 12.1 Å². The van der Waals surface area contributed by atoms with E-state index in [2.05, 4.69) is 9.36 Å². The van der Waals surface area contributed by atoms with Gasteiger partial charge in [0.2, 0.25) is 16.6 Å². The molecule has 4 aromatic rings. The maximum Gasteiger partial charge on any atom is 0.229 e. The van der Waals surface area contributed by atoms with Gasteiger partial charge < -0.3 is 0 Å². The van der Waals surface area contributed by atoms with Gasteiger partial charge in [-0.3, -0.25) is 9.20 Å². The molecule has 0 bridgehead atoms. The molecule has 0 unspecified atom stereocenters. The average Bonchev–Trinajstić information content (AvgIpc) is 3.06. The number of benzene rings is 2. The summed E-state index contributed by atoms with van der Waals surface area (Å²) in [4.78, 5) is 17.8. The van der Waals surface area contributed by atoms with Crippen LogP contribution in [0.5, 0.6) is 0 Å². The Kier molecular flexibility index (Phi) is 2.40. The normalized spacial score (nSPS) is 11.2. The lowest BCUT2D eigenvalue weighted by Gasteiger charge is -1.98. The molecule has 0 atom stereocenters. The quantitative estimate of drug-likeness (QED) is 0.529. The molecular formula is C15H9N3OS. The largest absolute Gasteiger partial charge is 0.285 e. The van der Waals surface area contributed by atoms with Crippen molar-refractivity contribution in [1.29, 1.82) is 0 Å². The zero-order valence-electron chi connectivity index (χ0n) is 10.4. The van der Waals surface area contributed by atoms with Crippen LogP contribution in [-0.2, 0) is 0 Å². The molecule has 0 radical (unpaired) electrons. The van der Waals surface area contributed by atoms with E-state index in [0.717, 1.165) is 16.0 Å². The maximum atomic E-state index is 12.6. The number of carbonyl (C=O) groups is 1. The van der Waals surface area contributed by atoms with Crippen LogP contribution < -0.4 is 0 Å². The van der Waals surface area contributed by atoms with E-state index in [4.69, 9.17) is 0 Å². The molecule has 2 heterocycles. The van der Waals surface area contributed by atoms with Crippen molar-refractivity contribution in [2.45, 2.75) is 0 Å². The third kappa shape index (κ3) is 1.57. The van der Waals surface area contributed by atoms with Crippen molar-refractivity contribution >= 4 is 33.3 Å². The Morgan fingerprint density at radius 2 is 1.75 bits per heavy atom. The van der Waals surface area contributed by atoms with Crippen LogP contribution >= 0.6 is 11.5 Å². The van der Waals surface area contributed by atoms with Crippen LogP contribution in [-0.4, -0.2) is 19.5 Å². The Morgan fingerprint density at radius 3 is 2.60 bits per heavy atom. The molecule has 0 spiro atoms. The number of fused-ring (bicyclic) bond motifs is 3. The van der Waals surface area contributed by atoms with Crippen LogP contribution in [0.3, 0.4) is 0 Å². The van der Waals surface area contributed by atoms with Gasteiger partial charge in [0, 0.05) is 17.1 Å². The molecule has 0 amide bonds. The van der Waals surface area contributed by atoms with Gasteiger partial charge in [-0.1, -0.05) is 42.5 Å². The summed E-state index contributed by atoms with van der Waals surface area (Å²) in [6, 6.07) is 16.9. The monoisotopic (exact) mass is 279 g/mol. The third-order valence-electron chi connectivity index (χ3n) is 3.19. The Balaban J connectivity index is 1.98. The van der Waals surface area contributed by atoms with Crippen molar-refractivity contribution in [3.8, 4) is 0 Å². The molecular weight excluding hydrogens is 270 g/mol. The molecule has 0 saturated carbocycles. The number of carbonyl (C=O) groups excluding carboxylic acids is 1. The van der Waals surface area contributed by atoms with Crippen molar-refractivity contribution in [1.82, 2.24) is 13.8 Å². The number of hydrogen-bond acceptors (Lipinski definition) is 4. The van der Waals surface area contributed by atoms with E-state index in [0.29, 0.717) is 11.4 Å². The van der Waals surface area contributed by atoms with Gasteiger partial charge in [0.15, 0.2) is 0 Å². The summed E-state index contributed by atoms with van der Waals surface area (Å²) in [6.45, 7) is 0. The van der Waals surface area contributed by atoms with Crippen LogP contribution in [0.4, 0.5) is 0 Å². The first-order chi connectivity index (χ1) is 9.84. The highest BCUT2D eigenvalue weighted by Gasteiger charge is 2.19. The van der Waals surface area contributed by atoms with E-state index in [1.54, 1.807) is 12.1 Å². The minimum atomic E-state index is -0.0833. The molecule has 5 heteroatoms. The number of hydrogen-bond donors (Lipinski definition) is 0. The molecule has 2 aromatic heterocycles. The van der Waals surface area contributed by atoms with Gasteiger partial charge in [0.05, 0.1) is 11.0 Å². The fourth-order valence-corrected chi connectivity index (χ4v) is 2.99. The third-order valence-corrected chi connectivity index (χ3v) is 3.90. The summed E-state index contributed by atoms with van der Waals surface area (Å²) in [7, 11) is 0. The number of nitrogens with zero attached hydrogens (tertiary/aromatic N) is 3. The molecule has 0 N–H and O–H groups in total. The van der Waals surface area contributed by atoms with Crippen molar-refractivity contribution in [3.63, 3.8) is 0 Å². The van der Waals surface area contributed by atoms with Crippen LogP contribution in [0.15, 0.2) is 54.6 Å². The van der Waals surface area contributed by atoms with Crippen LogP contribution in [0.2, 0.25) is 0 Å². The standard InChI is InChI=1S/C15H9N3OS/c19-13(10-6-2-1-3-7-10)14-17-20-15-16-11-8-4-5-9-12(11)18(14)15/h1-9H. The second-order valence-electron chi connectivity index (χ2n) is 4.42. The fourth-order valence-electron chi connectivity index (χ4n) is 2.26. The molecule has 20 heavy (non-hydrogen) atoms. The van der Waals surface area contributed by atoms with Gasteiger partial charge in [-0.15, -0.1) is 0 Å². The molecule has 2 aromatic carbocycles. The lowest BCUT2D eigenvalue weighted by Crippen LogP contribution is -2.06. The number of rotatable bonds is 2. The van der Waals surface area contributed by atoms with Gasteiger partial charge in [-0.25, -0.2) is 4.98 Å². The Morgan fingerprint density at radius 1 is 1.00 bits per heavy atom. The summed E-state index contributed by atoms with van der Waals surface area (Å²) in [5, 5.41) is 0. The predicted octanol–water partition coefficient (Wildman–Crippen LogP) is 3.18. The lowest BCUT2D eigenvalue weighted by molar-refractivity contribution is 0.102. The molecule has 0 aliphatic rings. The molecule has 4 rings (SSSR count). The first-order valence-corrected chi connectivity index (χ1v) is 6.94. The zero-order chi connectivity index (χ0) is 13.5. The number of imidazole rings is 1. The molecule has 0 fully saturated rings. The topological polar surface area (TPSA) is 47.3 Å². The number of aromatic nitrogens is 3. The molecule has 0 aliphatic carbocycles. The minimum Gasteiger partial charge on any atom is -0.285 e. The highest BCUT2D eigenvalue weighted by molar-refractivity contribution is 7.11. The van der Waals surface area contributed by atoms with Crippen molar-refractivity contribution < 1.29 is 4.79 Å². The summed E-state index contributed by atoms with van der Waals surface area (Å²) >= 11 is 1.24. The van der Waals surface area contributed by atoms with Crippen molar-refractivity contribution in [2.24, 2.45) is 0 Å². The van der Waals surface area contributed by atoms with Gasteiger partial charge >= 0.3 is 0 Å². The van der Waals surface area contributed by atoms with E-state index < -0.39 is 0 Å². The highest BCUT2D eigenvalue weighted by atomic mass is 32.1. The first-order valence-electron chi connectivity index (χ1n) is 6.17. The SMILES string of the molecule is O=C(c1ccccc1)c1nsc2nc3ccccc3n12. The second kappa shape index (κ2) is 4.25. The average molecular weight is 279 g/mol. The minimum absolute atomic E-state index is 0.0833. The summed E-state index contributed by atoms with van der Waals surface area (Å²) < 4.78 is 6.10. The van der Waals surface area contributed by atoms with E-state index in [9.17, 15) is 4.79 Å². The fraction of sp³-hybridized carbons (Fsp3) is 0. The van der Waals surface area contributed by atoms with E-state index in [1.807, 2.05) is 46.9 Å². The highest BCUT2D eigenvalue weighted by Crippen LogP contribution is 2.22. The van der Waals surface area contributed by atoms with E-state index in [-0.39, 0.29) is 5.78 Å². The van der Waals surface area contributed by atoms with Crippen LogP contribution in [0.1, 0.15) is 16.2 Å². The molecule has 96 valence electrons.